The van der Waals surface area contributed by atoms with Gasteiger partial charge in [-0.25, -0.2) is 4.39 Å². The van der Waals surface area contributed by atoms with Crippen molar-refractivity contribution in [2.24, 2.45) is 0 Å². The van der Waals surface area contributed by atoms with Gasteiger partial charge in [0.1, 0.15) is 5.83 Å². The van der Waals surface area contributed by atoms with Gasteiger partial charge in [-0.05, 0) is 37.8 Å². The van der Waals surface area contributed by atoms with Crippen molar-refractivity contribution in [2.75, 3.05) is 0 Å². The summed E-state index contributed by atoms with van der Waals surface area (Å²) in [6.45, 7) is 10.4. The van der Waals surface area contributed by atoms with Crippen molar-refractivity contribution >= 4 is 0 Å². The molecular formula is C10H14FN. The molecule has 66 valence electrons. The summed E-state index contributed by atoms with van der Waals surface area (Å²) in [6, 6.07) is 0. The zero-order valence-electron chi connectivity index (χ0n) is 7.52. The van der Waals surface area contributed by atoms with Gasteiger partial charge in [-0.3, -0.25) is 0 Å². The third-order valence-electron chi connectivity index (χ3n) is 1.22. The molecule has 1 nitrogen and oxygen atoms in total. The number of rotatable bonds is 4. The van der Waals surface area contributed by atoms with Gasteiger partial charge in [0.25, 0.3) is 0 Å². The predicted octanol–water partition coefficient (Wildman–Crippen LogP) is 3.05. The molecule has 0 spiro atoms. The van der Waals surface area contributed by atoms with E-state index in [4.69, 9.17) is 0 Å². The fourth-order valence-electron chi connectivity index (χ4n) is 0.550. The first kappa shape index (κ1) is 10.7. The lowest BCUT2D eigenvalue weighted by atomic mass is 10.3. The van der Waals surface area contributed by atoms with Crippen LogP contribution in [0.3, 0.4) is 0 Å². The van der Waals surface area contributed by atoms with Gasteiger partial charge in [0.2, 0.25) is 0 Å². The van der Waals surface area contributed by atoms with Crippen molar-refractivity contribution < 1.29 is 4.39 Å². The fourth-order valence-corrected chi connectivity index (χ4v) is 0.550. The van der Waals surface area contributed by atoms with Gasteiger partial charge in [0, 0.05) is 5.70 Å². The molecule has 0 saturated heterocycles. The monoisotopic (exact) mass is 167 g/mol. The van der Waals surface area contributed by atoms with Crippen molar-refractivity contribution in [1.82, 2.24) is 5.32 Å². The van der Waals surface area contributed by atoms with E-state index in [0.717, 1.165) is 5.70 Å². The van der Waals surface area contributed by atoms with Gasteiger partial charge in [0.05, 0.1) is 0 Å². The van der Waals surface area contributed by atoms with Gasteiger partial charge >= 0.3 is 0 Å². The molecule has 0 aromatic rings. The molecule has 0 aliphatic carbocycles. The molecule has 0 amide bonds. The average molecular weight is 167 g/mol. The second-order valence-electron chi connectivity index (χ2n) is 2.49. The number of hydrogen-bond acceptors (Lipinski definition) is 1. The van der Waals surface area contributed by atoms with E-state index in [2.05, 4.69) is 18.5 Å². The molecular weight excluding hydrogens is 153 g/mol. The van der Waals surface area contributed by atoms with E-state index in [1.165, 1.54) is 6.08 Å². The summed E-state index contributed by atoms with van der Waals surface area (Å²) < 4.78 is 12.8. The Morgan fingerprint density at radius 1 is 1.33 bits per heavy atom. The average Bonchev–Trinajstić information content (AvgIpc) is 2.00. The highest BCUT2D eigenvalue weighted by Crippen LogP contribution is 2.07. The number of hydrogen-bond donors (Lipinski definition) is 1. The van der Waals surface area contributed by atoms with Crippen LogP contribution in [-0.2, 0) is 0 Å². The van der Waals surface area contributed by atoms with Gasteiger partial charge in [-0.2, -0.15) is 0 Å². The Morgan fingerprint density at radius 3 is 2.33 bits per heavy atom. The van der Waals surface area contributed by atoms with Crippen LogP contribution in [-0.4, -0.2) is 0 Å². The third-order valence-corrected chi connectivity index (χ3v) is 1.22. The highest BCUT2D eigenvalue weighted by Gasteiger charge is 1.91. The molecule has 0 unspecified atom stereocenters. The molecule has 12 heavy (non-hydrogen) atoms. The van der Waals surface area contributed by atoms with E-state index in [0.29, 0.717) is 5.57 Å². The van der Waals surface area contributed by atoms with Crippen LogP contribution in [0.5, 0.6) is 0 Å². The van der Waals surface area contributed by atoms with Crippen LogP contribution >= 0.6 is 0 Å². The molecule has 2 heteroatoms. The summed E-state index contributed by atoms with van der Waals surface area (Å²) in [6.07, 6.45) is 4.54. The molecule has 0 rings (SSSR count). The van der Waals surface area contributed by atoms with E-state index in [9.17, 15) is 4.39 Å². The minimum atomic E-state index is -0.305. The Bertz CT molecular complexity index is 236. The summed E-state index contributed by atoms with van der Waals surface area (Å²) in [5.74, 6) is -0.305. The van der Waals surface area contributed by atoms with E-state index >= 15 is 0 Å². The molecule has 0 aliphatic heterocycles. The fraction of sp³-hybridized carbons (Fsp3) is 0.200. The number of nitrogens with one attached hydrogen (secondary N) is 1. The summed E-state index contributed by atoms with van der Waals surface area (Å²) >= 11 is 0. The largest absolute Gasteiger partial charge is 0.366 e. The van der Waals surface area contributed by atoms with Crippen molar-refractivity contribution in [2.45, 2.75) is 13.8 Å². The molecule has 0 aromatic carbocycles. The number of allylic oxidation sites excluding steroid dienone is 5. The minimum Gasteiger partial charge on any atom is -0.366 e. The number of halogens is 1. The Balaban J connectivity index is 4.26. The SMILES string of the molecule is C=CN/C(C)=C/C=C(/F)C(=C)C. The minimum absolute atomic E-state index is 0.305. The lowest BCUT2D eigenvalue weighted by Gasteiger charge is -1.96. The quantitative estimate of drug-likeness (QED) is 0.634. The molecule has 0 aromatic heterocycles. The Labute approximate surface area is 73.0 Å². The summed E-state index contributed by atoms with van der Waals surface area (Å²) in [5.41, 5.74) is 1.26. The topological polar surface area (TPSA) is 12.0 Å². The second kappa shape index (κ2) is 5.35. The first-order valence-corrected chi connectivity index (χ1v) is 3.65. The van der Waals surface area contributed by atoms with Crippen molar-refractivity contribution in [1.29, 1.82) is 0 Å². The van der Waals surface area contributed by atoms with E-state index in [1.807, 2.05) is 6.92 Å². The maximum absolute atomic E-state index is 12.8. The first-order valence-electron chi connectivity index (χ1n) is 3.65. The van der Waals surface area contributed by atoms with Crippen LogP contribution < -0.4 is 5.32 Å². The summed E-state index contributed by atoms with van der Waals surface area (Å²) in [4.78, 5) is 0. The smallest absolute Gasteiger partial charge is 0.125 e. The Hall–Kier alpha value is -1.31. The predicted molar refractivity (Wildman–Crippen MR) is 51.1 cm³/mol. The first-order chi connectivity index (χ1) is 5.57. The maximum atomic E-state index is 12.8. The zero-order chi connectivity index (χ0) is 9.56. The van der Waals surface area contributed by atoms with Crippen LogP contribution in [0.2, 0.25) is 0 Å². The van der Waals surface area contributed by atoms with Crippen molar-refractivity contribution in [3.05, 3.63) is 48.6 Å². The van der Waals surface area contributed by atoms with Gasteiger partial charge in [-0.15, -0.1) is 0 Å². The standard InChI is InChI=1S/C10H14FN/c1-5-12-9(4)6-7-10(11)8(2)3/h5-7,12H,1-2H2,3-4H3/b9-6+,10-7+. The van der Waals surface area contributed by atoms with E-state index < -0.39 is 0 Å². The summed E-state index contributed by atoms with van der Waals surface area (Å²) in [7, 11) is 0. The lowest BCUT2D eigenvalue weighted by Crippen LogP contribution is -1.98. The normalized spacial score (nSPS) is 12.6. The van der Waals surface area contributed by atoms with Gasteiger partial charge in [0.15, 0.2) is 0 Å². The molecule has 0 saturated carbocycles. The van der Waals surface area contributed by atoms with E-state index in [1.54, 1.807) is 19.2 Å². The van der Waals surface area contributed by atoms with Crippen LogP contribution in [0.1, 0.15) is 13.8 Å². The Morgan fingerprint density at radius 2 is 1.92 bits per heavy atom. The summed E-state index contributed by atoms with van der Waals surface area (Å²) in [5, 5.41) is 2.82. The van der Waals surface area contributed by atoms with Gasteiger partial charge in [-0.1, -0.05) is 13.2 Å². The van der Waals surface area contributed by atoms with Crippen LogP contribution in [0.4, 0.5) is 4.39 Å². The lowest BCUT2D eigenvalue weighted by molar-refractivity contribution is 0.652. The highest BCUT2D eigenvalue weighted by molar-refractivity contribution is 5.25. The molecule has 0 radical (unpaired) electrons. The molecule has 0 atom stereocenters. The highest BCUT2D eigenvalue weighted by atomic mass is 19.1. The molecule has 0 fully saturated rings. The third kappa shape index (κ3) is 4.50. The zero-order valence-corrected chi connectivity index (χ0v) is 7.52. The molecule has 0 heterocycles. The van der Waals surface area contributed by atoms with E-state index in [-0.39, 0.29) is 5.83 Å². The Kier molecular flexibility index (Phi) is 4.77. The van der Waals surface area contributed by atoms with Crippen molar-refractivity contribution in [3.63, 3.8) is 0 Å². The van der Waals surface area contributed by atoms with Crippen LogP contribution in [0.25, 0.3) is 0 Å². The van der Waals surface area contributed by atoms with Crippen LogP contribution in [0, 0.1) is 0 Å². The maximum Gasteiger partial charge on any atom is 0.125 e. The molecule has 0 bridgehead atoms. The second-order valence-corrected chi connectivity index (χ2v) is 2.49. The van der Waals surface area contributed by atoms with Crippen molar-refractivity contribution in [3.8, 4) is 0 Å². The van der Waals surface area contributed by atoms with Gasteiger partial charge < -0.3 is 5.32 Å². The molecule has 1 N–H and O–H groups in total. The van der Waals surface area contributed by atoms with Crippen LogP contribution in [0.15, 0.2) is 48.6 Å². The molecule has 0 aliphatic rings.